The Hall–Kier alpha value is -6.92. The van der Waals surface area contributed by atoms with Crippen LogP contribution in [0.5, 0.6) is 0 Å². The van der Waals surface area contributed by atoms with Crippen molar-refractivity contribution < 1.29 is 4.42 Å². The molecule has 0 saturated heterocycles. The highest BCUT2D eigenvalue weighted by Gasteiger charge is 2.29. The highest BCUT2D eigenvalue weighted by Crippen LogP contribution is 2.54. The average Bonchev–Trinajstić information content (AvgIpc) is 3.97. The van der Waals surface area contributed by atoms with E-state index in [-0.39, 0.29) is 0 Å². The maximum absolute atomic E-state index is 7.19. The first kappa shape index (κ1) is 32.3. The number of benzene rings is 9. The molecule has 0 bridgehead atoms. The summed E-state index contributed by atoms with van der Waals surface area (Å²) in [5, 5.41) is 9.61. The van der Waals surface area contributed by atoms with E-state index in [1.54, 1.807) is 0 Å². The van der Waals surface area contributed by atoms with Gasteiger partial charge in [0.05, 0.1) is 16.1 Å². The predicted molar refractivity (Wildman–Crippen MR) is 246 cm³/mol. The van der Waals surface area contributed by atoms with E-state index in [4.69, 9.17) is 4.42 Å². The van der Waals surface area contributed by atoms with Gasteiger partial charge in [0.1, 0.15) is 11.3 Å². The molecular formula is C52H32N2OS2. The number of para-hydroxylation sites is 2. The van der Waals surface area contributed by atoms with Gasteiger partial charge in [-0.1, -0.05) is 115 Å². The second-order valence-electron chi connectivity index (χ2n) is 14.4. The molecule has 57 heavy (non-hydrogen) atoms. The molecule has 0 N–H and O–H groups in total. The molecule has 0 atom stereocenters. The fourth-order valence-electron chi connectivity index (χ4n) is 8.71. The molecule has 3 nitrogen and oxygen atoms in total. The Morgan fingerprint density at radius 2 is 1.00 bits per heavy atom. The first-order valence-corrected chi connectivity index (χ1v) is 20.8. The minimum Gasteiger partial charge on any atom is -0.454 e. The van der Waals surface area contributed by atoms with Crippen molar-refractivity contribution in [3.05, 3.63) is 194 Å². The highest BCUT2D eigenvalue weighted by atomic mass is 32.1. The molecule has 5 heteroatoms. The molecule has 3 aromatic heterocycles. The van der Waals surface area contributed by atoms with Crippen LogP contribution in [0, 0.1) is 0 Å². The third-order valence-electron chi connectivity index (χ3n) is 11.2. The maximum Gasteiger partial charge on any atom is 0.161 e. The summed E-state index contributed by atoms with van der Waals surface area (Å²) in [6.07, 6.45) is 0. The Labute approximate surface area is 336 Å². The lowest BCUT2D eigenvalue weighted by Crippen LogP contribution is -2.17. The molecule has 0 radical (unpaired) electrons. The van der Waals surface area contributed by atoms with Crippen LogP contribution in [-0.2, 0) is 0 Å². The van der Waals surface area contributed by atoms with Crippen molar-refractivity contribution in [2.45, 2.75) is 0 Å². The molecular weight excluding hydrogens is 733 g/mol. The van der Waals surface area contributed by atoms with E-state index >= 15 is 0 Å². The largest absolute Gasteiger partial charge is 0.454 e. The summed E-state index contributed by atoms with van der Waals surface area (Å²) < 4.78 is 12.3. The zero-order valence-corrected chi connectivity index (χ0v) is 32.2. The first-order valence-electron chi connectivity index (χ1n) is 19.2. The Morgan fingerprint density at radius 1 is 0.368 bits per heavy atom. The van der Waals surface area contributed by atoms with Crippen molar-refractivity contribution in [3.8, 4) is 0 Å². The highest BCUT2D eigenvalue weighted by molar-refractivity contribution is 7.26. The van der Waals surface area contributed by atoms with Crippen LogP contribution >= 0.6 is 22.7 Å². The smallest absolute Gasteiger partial charge is 0.161 e. The van der Waals surface area contributed by atoms with Crippen LogP contribution < -0.4 is 9.80 Å². The summed E-state index contributed by atoms with van der Waals surface area (Å²) in [6.45, 7) is 0. The quantitative estimate of drug-likeness (QED) is 0.168. The number of rotatable bonds is 6. The summed E-state index contributed by atoms with van der Waals surface area (Å²) in [4.78, 5) is 4.85. The van der Waals surface area contributed by atoms with Crippen molar-refractivity contribution in [2.75, 3.05) is 9.80 Å². The summed E-state index contributed by atoms with van der Waals surface area (Å²) in [7, 11) is 0. The van der Waals surface area contributed by atoms with Crippen LogP contribution in [-0.4, -0.2) is 0 Å². The van der Waals surface area contributed by atoms with Crippen LogP contribution in [0.3, 0.4) is 0 Å². The van der Waals surface area contributed by atoms with Gasteiger partial charge in [-0.05, 0) is 89.6 Å². The zero-order chi connectivity index (χ0) is 37.5. The van der Waals surface area contributed by atoms with Crippen LogP contribution in [0.1, 0.15) is 0 Å². The number of fused-ring (bicyclic) bond motifs is 11. The minimum absolute atomic E-state index is 0.836. The Bertz CT molecular complexity index is 3490. The SMILES string of the molecule is c1ccc(N(c2ccc3sc4ccccc4c3c2)c2c(N(c3ccccc3)c3cccc4c3sc3ccccc34)ccc3c2oc2ccc4ccccc4c23)cc1. The van der Waals surface area contributed by atoms with E-state index in [2.05, 4.69) is 204 Å². The standard InChI is InChI=1S/C52H32N2OS2/c1-3-15-34(16-4-1)53(36-27-31-48-42(32-36)39-21-10-11-24-46(39)56-48)50-43(29-28-41-49-37-19-8-7-14-33(37)26-30-45(49)55-51(41)50)54(35-17-5-2-6-18-35)44-23-13-22-40-38-20-9-12-25-47(38)57-52(40)44/h1-32H. The molecule has 0 amide bonds. The van der Waals surface area contributed by atoms with Crippen molar-refractivity contribution in [3.63, 3.8) is 0 Å². The zero-order valence-electron chi connectivity index (χ0n) is 30.6. The lowest BCUT2D eigenvalue weighted by Gasteiger charge is -2.33. The third kappa shape index (κ3) is 5.03. The van der Waals surface area contributed by atoms with Gasteiger partial charge in [-0.2, -0.15) is 0 Å². The summed E-state index contributed by atoms with van der Waals surface area (Å²) >= 11 is 3.69. The average molecular weight is 765 g/mol. The van der Waals surface area contributed by atoms with Crippen molar-refractivity contribution >= 4 is 130 Å². The molecule has 12 aromatic rings. The van der Waals surface area contributed by atoms with Crippen molar-refractivity contribution in [1.82, 2.24) is 0 Å². The van der Waals surface area contributed by atoms with Gasteiger partial charge in [0, 0.05) is 63.5 Å². The molecule has 0 aliphatic carbocycles. The van der Waals surface area contributed by atoms with Gasteiger partial charge in [-0.25, -0.2) is 0 Å². The molecule has 0 fully saturated rings. The molecule has 0 unspecified atom stereocenters. The van der Waals surface area contributed by atoms with Crippen LogP contribution in [0.25, 0.3) is 73.1 Å². The summed E-state index contributed by atoms with van der Waals surface area (Å²) in [5.41, 5.74) is 7.98. The summed E-state index contributed by atoms with van der Waals surface area (Å²) in [6, 6.07) is 70.1. The lowest BCUT2D eigenvalue weighted by atomic mass is 10.0. The van der Waals surface area contributed by atoms with Gasteiger partial charge in [0.25, 0.3) is 0 Å². The fourth-order valence-corrected chi connectivity index (χ4v) is 11.0. The third-order valence-corrected chi connectivity index (χ3v) is 13.6. The normalized spacial score (nSPS) is 11.9. The van der Waals surface area contributed by atoms with Gasteiger partial charge >= 0.3 is 0 Å². The number of hydrogen-bond donors (Lipinski definition) is 0. The first-order chi connectivity index (χ1) is 28.3. The molecule has 0 aliphatic heterocycles. The number of furan rings is 1. The van der Waals surface area contributed by atoms with E-state index in [0.29, 0.717) is 0 Å². The summed E-state index contributed by atoms with van der Waals surface area (Å²) in [5.74, 6) is 0. The number of thiophene rings is 2. The van der Waals surface area contributed by atoms with E-state index < -0.39 is 0 Å². The minimum atomic E-state index is 0.836. The number of hydrogen-bond acceptors (Lipinski definition) is 5. The van der Waals surface area contributed by atoms with Crippen molar-refractivity contribution in [1.29, 1.82) is 0 Å². The van der Waals surface area contributed by atoms with Crippen molar-refractivity contribution in [2.24, 2.45) is 0 Å². The Morgan fingerprint density at radius 3 is 1.79 bits per heavy atom. The van der Waals surface area contributed by atoms with E-state index in [1.807, 2.05) is 22.7 Å². The van der Waals surface area contributed by atoms with Crippen LogP contribution in [0.2, 0.25) is 0 Å². The van der Waals surface area contributed by atoms with Gasteiger partial charge in [-0.15, -0.1) is 22.7 Å². The fraction of sp³-hybridized carbons (Fsp3) is 0. The van der Waals surface area contributed by atoms with Gasteiger partial charge < -0.3 is 14.2 Å². The Kier molecular flexibility index (Phi) is 7.27. The van der Waals surface area contributed by atoms with E-state index in [1.165, 1.54) is 51.1 Å². The second-order valence-corrected chi connectivity index (χ2v) is 16.6. The maximum atomic E-state index is 7.19. The molecule has 9 aromatic carbocycles. The lowest BCUT2D eigenvalue weighted by molar-refractivity contribution is 0.669. The molecule has 12 rings (SSSR count). The van der Waals surface area contributed by atoms with Crippen LogP contribution in [0.15, 0.2) is 199 Å². The number of anilines is 6. The number of nitrogens with zero attached hydrogens (tertiary/aromatic N) is 2. The van der Waals surface area contributed by atoms with Crippen LogP contribution in [0.4, 0.5) is 34.1 Å². The molecule has 0 saturated carbocycles. The van der Waals surface area contributed by atoms with Gasteiger partial charge in [-0.3, -0.25) is 0 Å². The monoisotopic (exact) mass is 764 g/mol. The molecule has 268 valence electrons. The second kappa shape index (κ2) is 12.8. The van der Waals surface area contributed by atoms with E-state index in [9.17, 15) is 0 Å². The Balaban J connectivity index is 1.23. The topological polar surface area (TPSA) is 19.6 Å². The molecule has 3 heterocycles. The van der Waals surface area contributed by atoms with E-state index in [0.717, 1.165) is 56.1 Å². The molecule has 0 spiro atoms. The molecule has 0 aliphatic rings. The van der Waals surface area contributed by atoms with Gasteiger partial charge in [0.2, 0.25) is 0 Å². The predicted octanol–water partition coefficient (Wildman–Crippen LogP) is 16.4. The van der Waals surface area contributed by atoms with Gasteiger partial charge in [0.15, 0.2) is 5.58 Å².